The van der Waals surface area contributed by atoms with Crippen molar-refractivity contribution in [2.75, 3.05) is 6.54 Å². The second-order valence-electron chi connectivity index (χ2n) is 7.15. The highest BCUT2D eigenvalue weighted by Gasteiger charge is 2.32. The zero-order chi connectivity index (χ0) is 22.3. The van der Waals surface area contributed by atoms with Crippen molar-refractivity contribution in [3.05, 3.63) is 52.4 Å². The van der Waals surface area contributed by atoms with Gasteiger partial charge in [-0.2, -0.15) is 0 Å². The minimum Gasteiger partial charge on any atom is -0.480 e. The number of thioether (sulfide) groups is 1. The molecule has 160 valence electrons. The maximum atomic E-state index is 12.7. The molecule has 1 heterocycles. The first-order valence-corrected chi connectivity index (χ1v) is 11.0. The third-order valence-corrected chi connectivity index (χ3v) is 6.16. The highest BCUT2D eigenvalue weighted by Crippen LogP contribution is 2.32. The molecule has 0 radical (unpaired) electrons. The Kier molecular flexibility index (Phi) is 8.80. The molecule has 1 fully saturated rings. The van der Waals surface area contributed by atoms with Gasteiger partial charge in [0.25, 0.3) is 5.91 Å². The summed E-state index contributed by atoms with van der Waals surface area (Å²) in [6.07, 6.45) is 4.38. The van der Waals surface area contributed by atoms with Crippen LogP contribution in [0, 0.1) is 5.92 Å². The smallest absolute Gasteiger partial charge is 0.326 e. The van der Waals surface area contributed by atoms with Crippen molar-refractivity contribution < 1.29 is 19.5 Å². The fourth-order valence-corrected chi connectivity index (χ4v) is 4.25. The van der Waals surface area contributed by atoms with Gasteiger partial charge in [-0.3, -0.25) is 14.5 Å². The number of allylic oxidation sites excluding steroid dienone is 2. The summed E-state index contributed by atoms with van der Waals surface area (Å²) < 4.78 is 0.392. The van der Waals surface area contributed by atoms with Crippen LogP contribution < -0.4 is 5.32 Å². The van der Waals surface area contributed by atoms with Crippen LogP contribution in [0.2, 0.25) is 0 Å². The average Bonchev–Trinajstić information content (AvgIpc) is 2.97. The zero-order valence-electron chi connectivity index (χ0n) is 17.3. The molecule has 2 rings (SSSR count). The Bertz CT molecular complexity index is 880. The fraction of sp³-hybridized carbons (Fsp3) is 0.364. The summed E-state index contributed by atoms with van der Waals surface area (Å²) in [5.41, 5.74) is 1.95. The van der Waals surface area contributed by atoms with Crippen LogP contribution in [0.4, 0.5) is 0 Å². The molecule has 1 aliphatic rings. The Hall–Kier alpha value is -2.45. The Morgan fingerprint density at radius 1 is 1.30 bits per heavy atom. The summed E-state index contributed by atoms with van der Waals surface area (Å²) in [6, 6.07) is 8.84. The van der Waals surface area contributed by atoms with Gasteiger partial charge in [0.15, 0.2) is 0 Å². The van der Waals surface area contributed by atoms with Gasteiger partial charge in [-0.15, -0.1) is 0 Å². The molecule has 0 aromatic heterocycles. The van der Waals surface area contributed by atoms with Crippen molar-refractivity contribution in [3.63, 3.8) is 0 Å². The molecule has 6 nitrogen and oxygen atoms in total. The number of benzene rings is 1. The van der Waals surface area contributed by atoms with E-state index < -0.39 is 17.9 Å². The topological polar surface area (TPSA) is 86.7 Å². The number of carbonyl (C=O) groups is 3. The number of carbonyl (C=O) groups excluding carboxylic acids is 2. The molecule has 2 N–H and O–H groups in total. The van der Waals surface area contributed by atoms with Gasteiger partial charge < -0.3 is 10.4 Å². The van der Waals surface area contributed by atoms with Crippen LogP contribution in [-0.4, -0.2) is 44.7 Å². The van der Waals surface area contributed by atoms with E-state index in [0.717, 1.165) is 11.1 Å². The molecule has 2 amide bonds. The van der Waals surface area contributed by atoms with Crippen molar-refractivity contribution in [1.82, 2.24) is 10.2 Å². The minimum absolute atomic E-state index is 0.0151. The monoisotopic (exact) mass is 446 g/mol. The second-order valence-corrected chi connectivity index (χ2v) is 8.83. The summed E-state index contributed by atoms with van der Waals surface area (Å²) in [6.45, 7) is 5.67. The van der Waals surface area contributed by atoms with E-state index >= 15 is 0 Å². The van der Waals surface area contributed by atoms with Gasteiger partial charge in [-0.1, -0.05) is 80.7 Å². The number of nitrogens with one attached hydrogen (secondary N) is 1. The molecule has 0 bridgehead atoms. The van der Waals surface area contributed by atoms with Crippen molar-refractivity contribution in [2.45, 2.75) is 39.7 Å². The lowest BCUT2D eigenvalue weighted by atomic mass is 9.99. The lowest BCUT2D eigenvalue weighted by Crippen LogP contribution is -2.46. The third-order valence-electron chi connectivity index (χ3n) is 4.78. The number of carboxylic acids is 1. The van der Waals surface area contributed by atoms with Gasteiger partial charge in [0.05, 0.1) is 4.91 Å². The first-order chi connectivity index (χ1) is 14.2. The van der Waals surface area contributed by atoms with Crippen molar-refractivity contribution in [1.29, 1.82) is 0 Å². The quantitative estimate of drug-likeness (QED) is 0.443. The van der Waals surface area contributed by atoms with Crippen LogP contribution >= 0.6 is 24.0 Å². The number of carboxylic acid groups (broad SMARTS) is 1. The largest absolute Gasteiger partial charge is 0.480 e. The fourth-order valence-electron chi connectivity index (χ4n) is 2.90. The molecule has 0 saturated carbocycles. The Balaban J connectivity index is 1.99. The number of rotatable bonds is 9. The molecule has 8 heteroatoms. The lowest BCUT2D eigenvalue weighted by Gasteiger charge is -2.21. The molecule has 2 atom stereocenters. The standard InChI is InChI=1S/C22H26N2O4S2/c1-4-15(3)19(21(27)28)23-18(25)10-11-24-20(26)17(30-22(24)29)13-14(2)12-16-8-6-5-7-9-16/h5-9,12-13,15,19H,4,10-11H2,1-3H3,(H,23,25)(H,27,28)/b14-12+,17-13+/t15-,19-/m0/s1. The number of aliphatic carboxylic acids is 1. The molecule has 1 aliphatic heterocycles. The molecular formula is C22H26N2O4S2. The summed E-state index contributed by atoms with van der Waals surface area (Å²) in [5, 5.41) is 11.8. The van der Waals surface area contributed by atoms with Gasteiger partial charge in [-0.25, -0.2) is 4.79 Å². The molecule has 30 heavy (non-hydrogen) atoms. The predicted octanol–water partition coefficient (Wildman–Crippen LogP) is 3.84. The van der Waals surface area contributed by atoms with E-state index in [1.165, 1.54) is 16.7 Å². The van der Waals surface area contributed by atoms with E-state index in [1.807, 2.05) is 50.3 Å². The number of amides is 2. The minimum atomic E-state index is -1.06. The summed E-state index contributed by atoms with van der Waals surface area (Å²) in [4.78, 5) is 38.2. The number of hydrogen-bond acceptors (Lipinski definition) is 5. The van der Waals surface area contributed by atoms with Crippen molar-refractivity contribution in [2.24, 2.45) is 5.92 Å². The van der Waals surface area contributed by atoms with Crippen LogP contribution in [0.1, 0.15) is 39.2 Å². The molecule has 1 saturated heterocycles. The van der Waals surface area contributed by atoms with Gasteiger partial charge in [0.1, 0.15) is 10.4 Å². The molecule has 0 spiro atoms. The average molecular weight is 447 g/mol. The van der Waals surface area contributed by atoms with Gasteiger partial charge >= 0.3 is 5.97 Å². The summed E-state index contributed by atoms with van der Waals surface area (Å²) in [5.74, 6) is -1.91. The van der Waals surface area contributed by atoms with E-state index in [-0.39, 0.29) is 24.8 Å². The van der Waals surface area contributed by atoms with Crippen molar-refractivity contribution in [3.8, 4) is 0 Å². The molecule has 0 aliphatic carbocycles. The predicted molar refractivity (Wildman–Crippen MR) is 124 cm³/mol. The van der Waals surface area contributed by atoms with Crippen LogP contribution in [0.25, 0.3) is 6.08 Å². The molecule has 1 aromatic carbocycles. The highest BCUT2D eigenvalue weighted by atomic mass is 32.2. The van der Waals surface area contributed by atoms with Gasteiger partial charge in [-0.05, 0) is 30.1 Å². The van der Waals surface area contributed by atoms with E-state index in [1.54, 1.807) is 13.0 Å². The van der Waals surface area contributed by atoms with Crippen molar-refractivity contribution >= 4 is 52.2 Å². The number of thiocarbonyl (C=S) groups is 1. The normalized spacial score (nSPS) is 17.9. The molecular weight excluding hydrogens is 420 g/mol. The van der Waals surface area contributed by atoms with Crippen LogP contribution in [0.3, 0.4) is 0 Å². The van der Waals surface area contributed by atoms with E-state index in [2.05, 4.69) is 5.32 Å². The van der Waals surface area contributed by atoms with Gasteiger partial charge in [0, 0.05) is 13.0 Å². The molecule has 1 aromatic rings. The second kappa shape index (κ2) is 11.1. The Morgan fingerprint density at radius 3 is 2.57 bits per heavy atom. The van der Waals surface area contributed by atoms with Crippen LogP contribution in [-0.2, 0) is 14.4 Å². The Morgan fingerprint density at radius 2 is 1.97 bits per heavy atom. The van der Waals surface area contributed by atoms with Crippen LogP contribution in [0.15, 0.2) is 46.9 Å². The van der Waals surface area contributed by atoms with E-state index in [0.29, 0.717) is 15.6 Å². The number of hydrogen-bond donors (Lipinski definition) is 2. The first kappa shape index (κ1) is 23.8. The molecule has 0 unspecified atom stereocenters. The van der Waals surface area contributed by atoms with E-state index in [4.69, 9.17) is 12.2 Å². The SMILES string of the molecule is CC[C@H](C)[C@H](NC(=O)CCN1C(=O)/C(=C\C(C)=C\c2ccccc2)SC1=S)C(=O)O. The summed E-state index contributed by atoms with van der Waals surface area (Å²) in [7, 11) is 0. The summed E-state index contributed by atoms with van der Waals surface area (Å²) >= 11 is 6.50. The zero-order valence-corrected chi connectivity index (χ0v) is 18.9. The Labute approximate surface area is 186 Å². The third kappa shape index (κ3) is 6.53. The lowest BCUT2D eigenvalue weighted by molar-refractivity contribution is -0.143. The maximum absolute atomic E-state index is 12.7. The van der Waals surface area contributed by atoms with E-state index in [9.17, 15) is 19.5 Å². The van der Waals surface area contributed by atoms with Gasteiger partial charge in [0.2, 0.25) is 5.91 Å². The number of nitrogens with zero attached hydrogens (tertiary/aromatic N) is 1. The highest BCUT2D eigenvalue weighted by molar-refractivity contribution is 8.26. The van der Waals surface area contributed by atoms with Crippen LogP contribution in [0.5, 0.6) is 0 Å². The first-order valence-electron chi connectivity index (χ1n) is 9.73. The maximum Gasteiger partial charge on any atom is 0.326 e.